The van der Waals surface area contributed by atoms with Crippen molar-refractivity contribution in [3.63, 3.8) is 0 Å². The molecular weight excluding hydrogens is 389 g/mol. The Hall–Kier alpha value is -2.42. The molecule has 1 amide bonds. The van der Waals surface area contributed by atoms with Gasteiger partial charge in [0.1, 0.15) is 5.75 Å². The van der Waals surface area contributed by atoms with Crippen LogP contribution in [-0.4, -0.2) is 22.5 Å². The van der Waals surface area contributed by atoms with Crippen molar-refractivity contribution in [2.75, 3.05) is 11.9 Å². The number of carbonyl (C=O) groups is 1. The minimum atomic E-state index is -0.525. The molecule has 0 fully saturated rings. The first-order chi connectivity index (χ1) is 11.8. The Kier molecular flexibility index (Phi) is 6.51. The van der Waals surface area contributed by atoms with Crippen LogP contribution in [0.25, 0.3) is 0 Å². The standard InChI is InChI=1S/C15H11Cl2N3O4S/c16-9-5-10(17)7-11(6-9)18-15(25)19-14(21)8-24-13-3-1-12(2-4-13)20(22)23/h1-7H,8H2,(H2,18,19,21,25). The summed E-state index contributed by atoms with van der Waals surface area (Å²) >= 11 is 16.8. The van der Waals surface area contributed by atoms with E-state index in [0.717, 1.165) is 0 Å². The van der Waals surface area contributed by atoms with Gasteiger partial charge in [-0.3, -0.25) is 20.2 Å². The molecule has 0 radical (unpaired) electrons. The summed E-state index contributed by atoms with van der Waals surface area (Å²) in [4.78, 5) is 21.8. The number of anilines is 1. The molecule has 0 spiro atoms. The highest BCUT2D eigenvalue weighted by Gasteiger charge is 2.08. The smallest absolute Gasteiger partial charge is 0.269 e. The number of thiocarbonyl (C=S) groups is 1. The average Bonchev–Trinajstić information content (AvgIpc) is 2.52. The van der Waals surface area contributed by atoms with Crippen molar-refractivity contribution in [1.29, 1.82) is 0 Å². The molecule has 10 heteroatoms. The van der Waals surface area contributed by atoms with Gasteiger partial charge in [0.05, 0.1) is 4.92 Å². The van der Waals surface area contributed by atoms with Gasteiger partial charge in [-0.2, -0.15) is 0 Å². The van der Waals surface area contributed by atoms with Crippen LogP contribution in [-0.2, 0) is 4.79 Å². The van der Waals surface area contributed by atoms with Crippen molar-refractivity contribution < 1.29 is 14.5 Å². The summed E-state index contributed by atoms with van der Waals surface area (Å²) in [6, 6.07) is 10.1. The molecular formula is C15H11Cl2N3O4S. The van der Waals surface area contributed by atoms with Crippen molar-refractivity contribution in [3.8, 4) is 5.75 Å². The van der Waals surface area contributed by atoms with Gasteiger partial charge in [0, 0.05) is 27.9 Å². The van der Waals surface area contributed by atoms with E-state index in [9.17, 15) is 14.9 Å². The van der Waals surface area contributed by atoms with Gasteiger partial charge < -0.3 is 10.1 Å². The van der Waals surface area contributed by atoms with Crippen molar-refractivity contribution in [3.05, 3.63) is 62.6 Å². The molecule has 0 saturated carbocycles. The normalized spacial score (nSPS) is 10.0. The van der Waals surface area contributed by atoms with Gasteiger partial charge in [-0.1, -0.05) is 23.2 Å². The predicted molar refractivity (Wildman–Crippen MR) is 99.4 cm³/mol. The minimum Gasteiger partial charge on any atom is -0.484 e. The summed E-state index contributed by atoms with van der Waals surface area (Å²) in [5.41, 5.74) is 0.460. The molecule has 0 saturated heterocycles. The van der Waals surface area contributed by atoms with Gasteiger partial charge in [-0.15, -0.1) is 0 Å². The third-order valence-corrected chi connectivity index (χ3v) is 3.43. The predicted octanol–water partition coefficient (Wildman–Crippen LogP) is 3.79. The lowest BCUT2D eigenvalue weighted by atomic mass is 10.3. The lowest BCUT2D eigenvalue weighted by Gasteiger charge is -2.11. The maximum Gasteiger partial charge on any atom is 0.269 e. The summed E-state index contributed by atoms with van der Waals surface area (Å²) < 4.78 is 5.23. The van der Waals surface area contributed by atoms with Gasteiger partial charge >= 0.3 is 0 Å². The summed E-state index contributed by atoms with van der Waals surface area (Å²) in [6.07, 6.45) is 0. The van der Waals surface area contributed by atoms with Crippen LogP contribution in [0.15, 0.2) is 42.5 Å². The molecule has 2 rings (SSSR count). The number of non-ortho nitro benzene ring substituents is 1. The second-order valence-corrected chi connectivity index (χ2v) is 5.98. The van der Waals surface area contributed by atoms with Crippen LogP contribution in [0.5, 0.6) is 5.75 Å². The molecule has 2 aromatic rings. The van der Waals surface area contributed by atoms with Crippen LogP contribution in [0.3, 0.4) is 0 Å². The van der Waals surface area contributed by atoms with Crippen molar-refractivity contribution in [2.45, 2.75) is 0 Å². The molecule has 2 aromatic carbocycles. The van der Waals surface area contributed by atoms with Crippen molar-refractivity contribution in [1.82, 2.24) is 5.32 Å². The van der Waals surface area contributed by atoms with Crippen molar-refractivity contribution in [2.24, 2.45) is 0 Å². The SMILES string of the molecule is O=C(COc1ccc([N+](=O)[O-])cc1)NC(=S)Nc1cc(Cl)cc(Cl)c1. The largest absolute Gasteiger partial charge is 0.484 e. The van der Waals surface area contributed by atoms with Crippen LogP contribution in [0, 0.1) is 10.1 Å². The second-order valence-electron chi connectivity index (χ2n) is 4.70. The van der Waals surface area contributed by atoms with E-state index in [-0.39, 0.29) is 17.4 Å². The highest BCUT2D eigenvalue weighted by molar-refractivity contribution is 7.80. The first kappa shape index (κ1) is 18.9. The molecule has 0 aliphatic rings. The zero-order chi connectivity index (χ0) is 18.4. The van der Waals surface area contributed by atoms with Crippen molar-refractivity contribution >= 4 is 57.8 Å². The number of nitrogens with zero attached hydrogens (tertiary/aromatic N) is 1. The molecule has 0 aliphatic carbocycles. The number of rotatable bonds is 5. The molecule has 2 N–H and O–H groups in total. The van der Waals surface area contributed by atoms with Crippen LogP contribution < -0.4 is 15.4 Å². The third kappa shape index (κ3) is 6.18. The van der Waals surface area contributed by atoms with E-state index < -0.39 is 10.8 Å². The number of hydrogen-bond donors (Lipinski definition) is 2. The molecule has 0 aliphatic heterocycles. The number of benzene rings is 2. The average molecular weight is 400 g/mol. The Bertz CT molecular complexity index is 795. The maximum atomic E-state index is 11.8. The van der Waals surface area contributed by atoms with E-state index in [2.05, 4.69) is 10.6 Å². The fourth-order valence-electron chi connectivity index (χ4n) is 1.76. The highest BCUT2D eigenvalue weighted by atomic mass is 35.5. The minimum absolute atomic E-state index is 0.0515. The first-order valence-electron chi connectivity index (χ1n) is 6.77. The molecule has 7 nitrogen and oxygen atoms in total. The topological polar surface area (TPSA) is 93.5 Å². The molecule has 0 unspecified atom stereocenters. The monoisotopic (exact) mass is 399 g/mol. The number of carbonyl (C=O) groups excluding carboxylic acids is 1. The van der Waals surface area contributed by atoms with E-state index >= 15 is 0 Å². The number of halogens is 2. The zero-order valence-corrected chi connectivity index (χ0v) is 14.8. The number of ether oxygens (including phenoxy) is 1. The Morgan fingerprint density at radius 1 is 1.16 bits per heavy atom. The fourth-order valence-corrected chi connectivity index (χ4v) is 2.52. The Balaban J connectivity index is 1.83. The van der Waals surface area contributed by atoms with Gasteiger partial charge in [0.25, 0.3) is 11.6 Å². The van der Waals surface area contributed by atoms with E-state index in [4.69, 9.17) is 40.2 Å². The molecule has 0 aromatic heterocycles. The van der Waals surface area contributed by atoms with Gasteiger partial charge in [0.2, 0.25) is 0 Å². The third-order valence-electron chi connectivity index (χ3n) is 2.79. The van der Waals surface area contributed by atoms with E-state index in [1.165, 1.54) is 24.3 Å². The fraction of sp³-hybridized carbons (Fsp3) is 0.0667. The molecule has 130 valence electrons. The van der Waals surface area contributed by atoms with Gasteiger partial charge in [0.15, 0.2) is 11.7 Å². The molecule has 0 heterocycles. The number of hydrogen-bond acceptors (Lipinski definition) is 5. The van der Waals surface area contributed by atoms with Crippen LogP contribution >= 0.6 is 35.4 Å². The summed E-state index contributed by atoms with van der Waals surface area (Å²) in [7, 11) is 0. The molecule has 0 bridgehead atoms. The lowest BCUT2D eigenvalue weighted by molar-refractivity contribution is -0.384. The van der Waals surface area contributed by atoms with Crippen LogP contribution in [0.2, 0.25) is 10.0 Å². The maximum absolute atomic E-state index is 11.8. The summed E-state index contributed by atoms with van der Waals surface area (Å²) in [5.74, 6) is -0.176. The summed E-state index contributed by atoms with van der Waals surface area (Å²) in [5, 5.41) is 16.7. The number of nitro benzene ring substituents is 1. The highest BCUT2D eigenvalue weighted by Crippen LogP contribution is 2.22. The number of amides is 1. The van der Waals surface area contributed by atoms with E-state index in [1.54, 1.807) is 18.2 Å². The summed E-state index contributed by atoms with van der Waals surface area (Å²) in [6.45, 7) is -0.310. The van der Waals surface area contributed by atoms with Gasteiger partial charge in [-0.05, 0) is 42.5 Å². The quantitative estimate of drug-likeness (QED) is 0.451. The Labute approximate surface area is 158 Å². The lowest BCUT2D eigenvalue weighted by Crippen LogP contribution is -2.37. The Morgan fingerprint density at radius 3 is 2.32 bits per heavy atom. The van der Waals surface area contributed by atoms with E-state index in [0.29, 0.717) is 21.5 Å². The van der Waals surface area contributed by atoms with E-state index in [1.807, 2.05) is 0 Å². The second kappa shape index (κ2) is 8.61. The van der Waals surface area contributed by atoms with Crippen LogP contribution in [0.1, 0.15) is 0 Å². The van der Waals surface area contributed by atoms with Crippen LogP contribution in [0.4, 0.5) is 11.4 Å². The molecule has 0 atom stereocenters. The van der Waals surface area contributed by atoms with Gasteiger partial charge in [-0.25, -0.2) is 0 Å². The Morgan fingerprint density at radius 2 is 1.76 bits per heavy atom. The first-order valence-corrected chi connectivity index (χ1v) is 7.94. The number of nitrogens with one attached hydrogen (secondary N) is 2. The molecule has 25 heavy (non-hydrogen) atoms. The number of nitro groups is 1. The zero-order valence-electron chi connectivity index (χ0n) is 12.5.